The van der Waals surface area contributed by atoms with Crippen LogP contribution in [0.2, 0.25) is 0 Å². The molecule has 1 aliphatic rings. The van der Waals surface area contributed by atoms with Crippen LogP contribution in [0, 0.1) is 11.8 Å². The van der Waals surface area contributed by atoms with Gasteiger partial charge in [-0.2, -0.15) is 0 Å². The molecule has 1 atom stereocenters. The van der Waals surface area contributed by atoms with Gasteiger partial charge in [-0.1, -0.05) is 45.9 Å². The van der Waals surface area contributed by atoms with Crippen molar-refractivity contribution >= 4 is 11.6 Å². The summed E-state index contributed by atoms with van der Waals surface area (Å²) >= 11 is 6.45. The van der Waals surface area contributed by atoms with Crippen molar-refractivity contribution in [2.75, 3.05) is 0 Å². The fourth-order valence-corrected chi connectivity index (χ4v) is 1.64. The van der Waals surface area contributed by atoms with Gasteiger partial charge in [-0.15, -0.1) is 11.6 Å². The van der Waals surface area contributed by atoms with Crippen molar-refractivity contribution in [3.63, 3.8) is 0 Å². The van der Waals surface area contributed by atoms with Crippen LogP contribution in [0.15, 0.2) is 23.8 Å². The van der Waals surface area contributed by atoms with Gasteiger partial charge in [0.1, 0.15) is 0 Å². The molecule has 74 valence electrons. The fourth-order valence-electron chi connectivity index (χ4n) is 1.50. The number of halogens is 1. The van der Waals surface area contributed by atoms with Crippen molar-refractivity contribution in [1.82, 2.24) is 0 Å². The molecule has 0 saturated carbocycles. The highest BCUT2D eigenvalue weighted by atomic mass is 35.5. The smallest absolute Gasteiger partial charge is 0.0686 e. The third kappa shape index (κ3) is 2.37. The molecule has 0 heterocycles. The van der Waals surface area contributed by atoms with Crippen LogP contribution in [0.1, 0.15) is 34.1 Å². The first-order chi connectivity index (χ1) is 5.96. The summed E-state index contributed by atoms with van der Waals surface area (Å²) in [4.78, 5) is -0.140. The maximum atomic E-state index is 6.45. The summed E-state index contributed by atoms with van der Waals surface area (Å²) in [5.41, 5.74) is 1.41. The average molecular weight is 199 g/mol. The zero-order valence-electron chi connectivity index (χ0n) is 8.97. The first-order valence-electron chi connectivity index (χ1n) is 5.04. The topological polar surface area (TPSA) is 0 Å². The van der Waals surface area contributed by atoms with Crippen LogP contribution in [-0.4, -0.2) is 4.87 Å². The molecule has 0 fully saturated rings. The lowest BCUT2D eigenvalue weighted by atomic mass is 9.84. The van der Waals surface area contributed by atoms with E-state index in [9.17, 15) is 0 Å². The van der Waals surface area contributed by atoms with Gasteiger partial charge in [0.15, 0.2) is 0 Å². The van der Waals surface area contributed by atoms with E-state index in [1.807, 2.05) is 0 Å². The molecule has 0 aliphatic heterocycles. The summed E-state index contributed by atoms with van der Waals surface area (Å²) in [7, 11) is 0. The van der Waals surface area contributed by atoms with E-state index in [1.54, 1.807) is 0 Å². The van der Waals surface area contributed by atoms with Crippen molar-refractivity contribution < 1.29 is 0 Å². The fraction of sp³-hybridized carbons (Fsp3) is 0.667. The first kappa shape index (κ1) is 10.8. The van der Waals surface area contributed by atoms with Crippen molar-refractivity contribution in [1.29, 1.82) is 0 Å². The number of hydrogen-bond acceptors (Lipinski definition) is 0. The summed E-state index contributed by atoms with van der Waals surface area (Å²) in [5, 5.41) is 0. The molecule has 0 aromatic heterocycles. The second kappa shape index (κ2) is 3.88. The van der Waals surface area contributed by atoms with Crippen LogP contribution in [0.5, 0.6) is 0 Å². The Morgan fingerprint density at radius 1 is 1.31 bits per heavy atom. The molecule has 1 heteroatoms. The molecule has 0 amide bonds. The number of rotatable bonds is 2. The standard InChI is InChI=1S/C12H19Cl/c1-9(2)11-5-7-12(13,8-6-11)10(3)4/h5-7,9-10H,8H2,1-4H3. The highest BCUT2D eigenvalue weighted by Gasteiger charge is 2.29. The minimum absolute atomic E-state index is 0.140. The predicted molar refractivity (Wildman–Crippen MR) is 60.1 cm³/mol. The van der Waals surface area contributed by atoms with Gasteiger partial charge in [-0.05, 0) is 23.8 Å². The number of hydrogen-bond donors (Lipinski definition) is 0. The SMILES string of the molecule is CC(C)C1=CCC(Cl)(C(C)C)C=C1. The lowest BCUT2D eigenvalue weighted by Crippen LogP contribution is -2.27. The molecule has 0 N–H and O–H groups in total. The normalized spacial score (nSPS) is 28.4. The Bertz CT molecular complexity index is 236. The van der Waals surface area contributed by atoms with Crippen LogP contribution in [0.3, 0.4) is 0 Å². The molecule has 1 unspecified atom stereocenters. The lowest BCUT2D eigenvalue weighted by molar-refractivity contribution is 0.498. The summed E-state index contributed by atoms with van der Waals surface area (Å²) in [6.07, 6.45) is 7.59. The third-order valence-corrected chi connectivity index (χ3v) is 3.55. The van der Waals surface area contributed by atoms with Gasteiger partial charge < -0.3 is 0 Å². The molecule has 13 heavy (non-hydrogen) atoms. The molecule has 0 radical (unpaired) electrons. The molecule has 0 spiro atoms. The summed E-state index contributed by atoms with van der Waals surface area (Å²) in [6, 6.07) is 0. The maximum absolute atomic E-state index is 6.45. The van der Waals surface area contributed by atoms with Crippen LogP contribution in [-0.2, 0) is 0 Å². The molecule has 1 aliphatic carbocycles. The molecule has 0 nitrogen and oxygen atoms in total. The van der Waals surface area contributed by atoms with Crippen LogP contribution in [0.25, 0.3) is 0 Å². The van der Waals surface area contributed by atoms with Gasteiger partial charge in [-0.25, -0.2) is 0 Å². The Kier molecular flexibility index (Phi) is 3.23. The van der Waals surface area contributed by atoms with Gasteiger partial charge in [0.05, 0.1) is 4.87 Å². The third-order valence-electron chi connectivity index (χ3n) is 2.83. The second-order valence-electron chi connectivity index (χ2n) is 4.48. The van der Waals surface area contributed by atoms with E-state index < -0.39 is 0 Å². The van der Waals surface area contributed by atoms with E-state index >= 15 is 0 Å². The maximum Gasteiger partial charge on any atom is 0.0686 e. The summed E-state index contributed by atoms with van der Waals surface area (Å²) in [6.45, 7) is 8.77. The van der Waals surface area contributed by atoms with E-state index in [1.165, 1.54) is 5.57 Å². The Hall–Kier alpha value is -0.230. The molecule has 0 saturated heterocycles. The highest BCUT2D eigenvalue weighted by Crippen LogP contribution is 2.35. The number of alkyl halides is 1. The van der Waals surface area contributed by atoms with Gasteiger partial charge in [0.2, 0.25) is 0 Å². The van der Waals surface area contributed by atoms with Crippen LogP contribution < -0.4 is 0 Å². The monoisotopic (exact) mass is 198 g/mol. The van der Waals surface area contributed by atoms with Gasteiger partial charge in [0.25, 0.3) is 0 Å². The summed E-state index contributed by atoms with van der Waals surface area (Å²) in [5.74, 6) is 1.11. The lowest BCUT2D eigenvalue weighted by Gasteiger charge is -2.30. The molecule has 0 bridgehead atoms. The first-order valence-corrected chi connectivity index (χ1v) is 5.41. The van der Waals surface area contributed by atoms with Gasteiger partial charge in [-0.3, -0.25) is 0 Å². The average Bonchev–Trinajstić information content (AvgIpc) is 2.04. The van der Waals surface area contributed by atoms with Crippen LogP contribution >= 0.6 is 11.6 Å². The van der Waals surface area contributed by atoms with E-state index in [2.05, 4.69) is 45.9 Å². The van der Waals surface area contributed by atoms with Gasteiger partial charge in [0, 0.05) is 0 Å². The minimum atomic E-state index is -0.140. The van der Waals surface area contributed by atoms with E-state index in [0.29, 0.717) is 11.8 Å². The minimum Gasteiger partial charge on any atom is -0.114 e. The van der Waals surface area contributed by atoms with Crippen molar-refractivity contribution in [2.24, 2.45) is 11.8 Å². The van der Waals surface area contributed by atoms with E-state index in [-0.39, 0.29) is 4.87 Å². The highest BCUT2D eigenvalue weighted by molar-refractivity contribution is 6.25. The van der Waals surface area contributed by atoms with E-state index in [4.69, 9.17) is 11.6 Å². The summed E-state index contributed by atoms with van der Waals surface area (Å²) < 4.78 is 0. The molecular weight excluding hydrogens is 180 g/mol. The Balaban J connectivity index is 2.73. The van der Waals surface area contributed by atoms with Crippen molar-refractivity contribution in [3.8, 4) is 0 Å². The molecular formula is C12H19Cl. The van der Waals surface area contributed by atoms with E-state index in [0.717, 1.165) is 6.42 Å². The number of allylic oxidation sites excluding steroid dienone is 4. The van der Waals surface area contributed by atoms with Crippen LogP contribution in [0.4, 0.5) is 0 Å². The second-order valence-corrected chi connectivity index (χ2v) is 5.18. The van der Waals surface area contributed by atoms with Crippen molar-refractivity contribution in [3.05, 3.63) is 23.8 Å². The Morgan fingerprint density at radius 3 is 2.23 bits per heavy atom. The van der Waals surface area contributed by atoms with Crippen molar-refractivity contribution in [2.45, 2.75) is 39.0 Å². The Labute approximate surface area is 86.7 Å². The molecule has 1 rings (SSSR count). The quantitative estimate of drug-likeness (QED) is 0.585. The zero-order chi connectivity index (χ0) is 10.1. The molecule has 0 aromatic carbocycles. The Morgan fingerprint density at radius 2 is 1.92 bits per heavy atom. The zero-order valence-corrected chi connectivity index (χ0v) is 9.73. The largest absolute Gasteiger partial charge is 0.114 e. The van der Waals surface area contributed by atoms with Gasteiger partial charge >= 0.3 is 0 Å². The molecule has 0 aromatic rings. The predicted octanol–water partition coefficient (Wildman–Crippen LogP) is 4.16.